The van der Waals surface area contributed by atoms with Crippen molar-refractivity contribution in [2.75, 3.05) is 0 Å². The molecule has 144 valence electrons. The van der Waals surface area contributed by atoms with Gasteiger partial charge in [0.1, 0.15) is 17.2 Å². The monoisotopic (exact) mass is 369 g/mol. The van der Waals surface area contributed by atoms with Gasteiger partial charge in [-0.25, -0.2) is 9.97 Å². The zero-order valence-electron chi connectivity index (χ0n) is 16.8. The summed E-state index contributed by atoms with van der Waals surface area (Å²) in [6.07, 6.45) is 3.48. The quantitative estimate of drug-likeness (QED) is 0.810. The van der Waals surface area contributed by atoms with Gasteiger partial charge in [-0.15, -0.1) is 0 Å². The number of ketones is 1. The summed E-state index contributed by atoms with van der Waals surface area (Å²) in [5.74, 6) is 0.338. The van der Waals surface area contributed by atoms with Crippen LogP contribution in [0.5, 0.6) is 0 Å². The molecular weight excluding hydrogens is 342 g/mol. The number of carbonyl (C=O) groups is 2. The predicted molar refractivity (Wildman–Crippen MR) is 102 cm³/mol. The number of hydrogen-bond donors (Lipinski definition) is 2. The van der Waals surface area contributed by atoms with Crippen LogP contribution in [0, 0.1) is 5.41 Å². The van der Waals surface area contributed by atoms with E-state index in [0.717, 1.165) is 29.9 Å². The fourth-order valence-electron chi connectivity index (χ4n) is 3.39. The van der Waals surface area contributed by atoms with Gasteiger partial charge in [-0.1, -0.05) is 34.6 Å². The maximum absolute atomic E-state index is 12.7. The molecule has 2 aromatic rings. The van der Waals surface area contributed by atoms with E-state index in [2.05, 4.69) is 55.1 Å². The summed E-state index contributed by atoms with van der Waals surface area (Å²) in [7, 11) is 0. The van der Waals surface area contributed by atoms with Crippen LogP contribution in [0.4, 0.5) is 0 Å². The number of hydrogen-bond acceptors (Lipinski definition) is 5. The second-order valence-electron chi connectivity index (χ2n) is 9.14. The van der Waals surface area contributed by atoms with Crippen LogP contribution in [0.2, 0.25) is 0 Å². The molecule has 1 amide bonds. The molecule has 0 aromatic carbocycles. The zero-order chi connectivity index (χ0) is 20.0. The lowest BCUT2D eigenvalue weighted by Crippen LogP contribution is -2.37. The van der Waals surface area contributed by atoms with Gasteiger partial charge in [0, 0.05) is 29.8 Å². The molecule has 7 heteroatoms. The normalized spacial score (nSPS) is 18.7. The highest BCUT2D eigenvalue weighted by Crippen LogP contribution is 2.40. The Labute approximate surface area is 159 Å². The minimum Gasteiger partial charge on any atom is -0.344 e. The number of aromatic amines is 1. The van der Waals surface area contributed by atoms with Crippen molar-refractivity contribution < 1.29 is 9.59 Å². The number of H-pyrrole nitrogens is 1. The van der Waals surface area contributed by atoms with Gasteiger partial charge in [-0.05, 0) is 24.3 Å². The van der Waals surface area contributed by atoms with Gasteiger partial charge in [-0.2, -0.15) is 5.10 Å². The highest BCUT2D eigenvalue weighted by molar-refractivity contribution is 5.97. The third-order valence-electron chi connectivity index (χ3n) is 4.84. The Morgan fingerprint density at radius 2 is 2.00 bits per heavy atom. The number of rotatable bonds is 3. The van der Waals surface area contributed by atoms with Crippen LogP contribution in [-0.2, 0) is 11.8 Å². The van der Waals surface area contributed by atoms with Gasteiger partial charge in [-0.3, -0.25) is 14.7 Å². The molecule has 2 heterocycles. The number of aromatic nitrogens is 4. The third-order valence-corrected chi connectivity index (χ3v) is 4.84. The molecule has 0 aliphatic heterocycles. The van der Waals surface area contributed by atoms with Crippen molar-refractivity contribution in [2.24, 2.45) is 5.41 Å². The fourth-order valence-corrected chi connectivity index (χ4v) is 3.39. The van der Waals surface area contributed by atoms with E-state index in [1.165, 1.54) is 13.0 Å². The Morgan fingerprint density at radius 1 is 1.30 bits per heavy atom. The van der Waals surface area contributed by atoms with Crippen molar-refractivity contribution in [1.82, 2.24) is 25.5 Å². The number of nitrogens with one attached hydrogen (secondary N) is 2. The van der Waals surface area contributed by atoms with Crippen LogP contribution in [-0.4, -0.2) is 31.9 Å². The Bertz CT molecular complexity index is 892. The number of nitrogens with zero attached hydrogens (tertiary/aromatic N) is 3. The lowest BCUT2D eigenvalue weighted by molar-refractivity contribution is 0.0913. The van der Waals surface area contributed by atoms with E-state index in [1.807, 2.05) is 6.20 Å². The summed E-state index contributed by atoms with van der Waals surface area (Å²) in [4.78, 5) is 33.4. The molecule has 0 saturated heterocycles. The Kier molecular flexibility index (Phi) is 4.66. The van der Waals surface area contributed by atoms with Gasteiger partial charge < -0.3 is 5.32 Å². The summed E-state index contributed by atoms with van der Waals surface area (Å²) < 4.78 is 0. The molecule has 7 nitrogen and oxygen atoms in total. The Morgan fingerprint density at radius 3 is 2.59 bits per heavy atom. The van der Waals surface area contributed by atoms with Crippen molar-refractivity contribution in [3.63, 3.8) is 0 Å². The molecular formula is C20H27N5O2. The number of amides is 1. The minimum absolute atomic E-state index is 0.00693. The van der Waals surface area contributed by atoms with E-state index in [9.17, 15) is 9.59 Å². The molecule has 0 fully saturated rings. The first-order valence-corrected chi connectivity index (χ1v) is 9.20. The van der Waals surface area contributed by atoms with Gasteiger partial charge >= 0.3 is 0 Å². The topological polar surface area (TPSA) is 101 Å². The molecule has 0 radical (unpaired) electrons. The van der Waals surface area contributed by atoms with Crippen LogP contribution in [0.25, 0.3) is 0 Å². The van der Waals surface area contributed by atoms with Gasteiger partial charge in [0.25, 0.3) is 5.91 Å². The molecule has 2 aromatic heterocycles. The van der Waals surface area contributed by atoms with E-state index < -0.39 is 0 Å². The highest BCUT2D eigenvalue weighted by Gasteiger charge is 2.35. The summed E-state index contributed by atoms with van der Waals surface area (Å²) in [6, 6.07) is 1.29. The van der Waals surface area contributed by atoms with Crippen LogP contribution in [0.15, 0.2) is 12.3 Å². The summed E-state index contributed by atoms with van der Waals surface area (Å²) in [5.41, 5.74) is 2.36. The Balaban J connectivity index is 1.89. The number of fused-ring (bicyclic) bond motifs is 1. The second-order valence-corrected chi connectivity index (χ2v) is 9.14. The van der Waals surface area contributed by atoms with Crippen molar-refractivity contribution in [3.8, 4) is 0 Å². The summed E-state index contributed by atoms with van der Waals surface area (Å²) >= 11 is 0. The molecule has 0 saturated carbocycles. The van der Waals surface area contributed by atoms with Crippen LogP contribution < -0.4 is 5.32 Å². The smallest absolute Gasteiger partial charge is 0.269 e. The average molecular weight is 369 g/mol. The van der Waals surface area contributed by atoms with Crippen LogP contribution in [0.3, 0.4) is 0 Å². The van der Waals surface area contributed by atoms with Crippen LogP contribution >= 0.6 is 0 Å². The van der Waals surface area contributed by atoms with Gasteiger partial charge in [0.15, 0.2) is 5.78 Å². The maximum Gasteiger partial charge on any atom is 0.269 e. The summed E-state index contributed by atoms with van der Waals surface area (Å²) in [6.45, 7) is 12.0. The van der Waals surface area contributed by atoms with E-state index in [0.29, 0.717) is 0 Å². The minimum atomic E-state index is -0.288. The van der Waals surface area contributed by atoms with Crippen molar-refractivity contribution >= 4 is 11.7 Å². The van der Waals surface area contributed by atoms with Crippen molar-refractivity contribution in [1.29, 1.82) is 0 Å². The van der Waals surface area contributed by atoms with Crippen LogP contribution in [0.1, 0.15) is 92.1 Å². The molecule has 0 spiro atoms. The molecule has 2 N–H and O–H groups in total. The molecule has 3 rings (SSSR count). The first-order chi connectivity index (χ1) is 12.5. The van der Waals surface area contributed by atoms with E-state index in [1.54, 1.807) is 0 Å². The van der Waals surface area contributed by atoms with Gasteiger partial charge in [0.2, 0.25) is 0 Å². The van der Waals surface area contributed by atoms with Crippen molar-refractivity contribution in [2.45, 2.75) is 65.8 Å². The van der Waals surface area contributed by atoms with E-state index >= 15 is 0 Å². The zero-order valence-corrected chi connectivity index (χ0v) is 16.8. The first kappa shape index (κ1) is 19.2. The molecule has 1 aliphatic rings. The predicted octanol–water partition coefficient (Wildman–Crippen LogP) is 3.14. The SMILES string of the molecule is CC(=O)c1cc(C(=O)N[C@H]2CC(C)(C)Cc3nc(C(C)(C)C)ncc32)[nH]n1. The molecule has 1 aliphatic carbocycles. The maximum atomic E-state index is 12.7. The Hall–Kier alpha value is -2.57. The number of Topliss-reactive ketones (excluding diaryl/α,β-unsaturated/α-hetero) is 1. The molecule has 0 unspecified atom stereocenters. The first-order valence-electron chi connectivity index (χ1n) is 9.20. The van der Waals surface area contributed by atoms with E-state index in [-0.39, 0.29) is 40.0 Å². The van der Waals surface area contributed by atoms with Gasteiger partial charge in [0.05, 0.1) is 6.04 Å². The largest absolute Gasteiger partial charge is 0.344 e. The molecule has 1 atom stereocenters. The molecule has 27 heavy (non-hydrogen) atoms. The highest BCUT2D eigenvalue weighted by atomic mass is 16.2. The third kappa shape index (κ3) is 4.07. The standard InChI is InChI=1S/C20H27N5O2/c1-11(26)13-7-14(25-24-13)17(27)22-15-8-20(5,6)9-16-12(15)10-21-18(23-16)19(2,3)4/h7,10,15H,8-9H2,1-6H3,(H,22,27)(H,24,25)/t15-/m0/s1. The van der Waals surface area contributed by atoms with Crippen molar-refractivity contribution in [3.05, 3.63) is 40.7 Å². The lowest BCUT2D eigenvalue weighted by Gasteiger charge is -2.37. The second kappa shape index (κ2) is 6.55. The lowest BCUT2D eigenvalue weighted by atomic mass is 9.74. The molecule has 0 bridgehead atoms. The average Bonchev–Trinajstić information content (AvgIpc) is 3.02. The number of carbonyl (C=O) groups excluding carboxylic acids is 2. The summed E-state index contributed by atoms with van der Waals surface area (Å²) in [5, 5.41) is 9.57. The van der Waals surface area contributed by atoms with E-state index in [4.69, 9.17) is 4.98 Å². The fraction of sp³-hybridized carbons (Fsp3) is 0.550.